The molecule has 0 aromatic heterocycles. The molecule has 0 aliphatic heterocycles. The standard InChI is InChI=1S/C20H21ClF2N2O3/c1-10(2)16(9-26)25-19(27)12-6-13(22)8-14(7-12)24-20(28)17-15(23)5-4-11(3)18(17)21/h4-8,10,16,26H,9H2,1-3H3,(H,24,28)(H,25,27)/t16-/m0/s1. The molecule has 1 atom stereocenters. The van der Waals surface area contributed by atoms with Crippen molar-refractivity contribution in [3.8, 4) is 0 Å². The van der Waals surface area contributed by atoms with Gasteiger partial charge in [-0.2, -0.15) is 0 Å². The largest absolute Gasteiger partial charge is 0.394 e. The zero-order valence-electron chi connectivity index (χ0n) is 15.6. The highest BCUT2D eigenvalue weighted by atomic mass is 35.5. The van der Waals surface area contributed by atoms with Gasteiger partial charge in [0.15, 0.2) is 0 Å². The van der Waals surface area contributed by atoms with Gasteiger partial charge >= 0.3 is 0 Å². The lowest BCUT2D eigenvalue weighted by Gasteiger charge is -2.20. The summed E-state index contributed by atoms with van der Waals surface area (Å²) in [5, 5.41) is 14.2. The molecule has 5 nitrogen and oxygen atoms in total. The van der Waals surface area contributed by atoms with Crippen molar-refractivity contribution in [2.75, 3.05) is 11.9 Å². The van der Waals surface area contributed by atoms with Gasteiger partial charge in [0.2, 0.25) is 0 Å². The van der Waals surface area contributed by atoms with Gasteiger partial charge in [-0.05, 0) is 42.7 Å². The van der Waals surface area contributed by atoms with E-state index in [1.807, 2.05) is 13.8 Å². The van der Waals surface area contributed by atoms with Crippen LogP contribution in [0.4, 0.5) is 14.5 Å². The lowest BCUT2D eigenvalue weighted by molar-refractivity contribution is 0.0895. The summed E-state index contributed by atoms with van der Waals surface area (Å²) >= 11 is 6.01. The molecular weight excluding hydrogens is 390 g/mol. The predicted octanol–water partition coefficient (Wildman–Crippen LogP) is 3.93. The van der Waals surface area contributed by atoms with E-state index in [2.05, 4.69) is 10.6 Å². The second-order valence-electron chi connectivity index (χ2n) is 6.74. The molecule has 0 radical (unpaired) electrons. The third kappa shape index (κ3) is 5.05. The number of carbonyl (C=O) groups is 2. The number of anilines is 1. The van der Waals surface area contributed by atoms with Crippen LogP contribution in [-0.4, -0.2) is 29.6 Å². The minimum atomic E-state index is -0.862. The van der Waals surface area contributed by atoms with Crippen LogP contribution in [0.1, 0.15) is 40.1 Å². The Kier molecular flexibility index (Phi) is 7.10. The Balaban J connectivity index is 2.28. The SMILES string of the molecule is Cc1ccc(F)c(C(=O)Nc2cc(F)cc(C(=O)N[C@@H](CO)C(C)C)c2)c1Cl. The summed E-state index contributed by atoms with van der Waals surface area (Å²) in [4.78, 5) is 24.8. The number of aliphatic hydroxyl groups is 1. The van der Waals surface area contributed by atoms with Gasteiger partial charge < -0.3 is 15.7 Å². The molecule has 0 bridgehead atoms. The maximum absolute atomic E-state index is 14.0. The highest BCUT2D eigenvalue weighted by Crippen LogP contribution is 2.25. The summed E-state index contributed by atoms with van der Waals surface area (Å²) in [5.41, 5.74) is 0.0655. The number of rotatable bonds is 6. The van der Waals surface area contributed by atoms with Gasteiger partial charge in [-0.3, -0.25) is 9.59 Å². The molecule has 3 N–H and O–H groups in total. The van der Waals surface area contributed by atoms with E-state index in [1.54, 1.807) is 6.92 Å². The van der Waals surface area contributed by atoms with Gasteiger partial charge in [-0.25, -0.2) is 8.78 Å². The van der Waals surface area contributed by atoms with Crippen LogP contribution in [0.5, 0.6) is 0 Å². The monoisotopic (exact) mass is 410 g/mol. The lowest BCUT2D eigenvalue weighted by Crippen LogP contribution is -2.41. The van der Waals surface area contributed by atoms with E-state index in [1.165, 1.54) is 12.1 Å². The third-order valence-electron chi connectivity index (χ3n) is 4.25. The molecule has 0 unspecified atom stereocenters. The van der Waals surface area contributed by atoms with Crippen molar-refractivity contribution in [1.82, 2.24) is 5.32 Å². The van der Waals surface area contributed by atoms with Gasteiger partial charge in [-0.1, -0.05) is 31.5 Å². The minimum Gasteiger partial charge on any atom is -0.394 e. The highest BCUT2D eigenvalue weighted by Gasteiger charge is 2.20. The Bertz CT molecular complexity index is 903. The van der Waals surface area contributed by atoms with E-state index in [0.717, 1.165) is 18.2 Å². The van der Waals surface area contributed by atoms with Crippen LogP contribution >= 0.6 is 11.6 Å². The zero-order valence-corrected chi connectivity index (χ0v) is 16.4. The second-order valence-corrected chi connectivity index (χ2v) is 7.12. The molecule has 0 fully saturated rings. The molecule has 28 heavy (non-hydrogen) atoms. The van der Waals surface area contributed by atoms with Gasteiger partial charge in [0.1, 0.15) is 11.6 Å². The molecule has 0 aliphatic rings. The van der Waals surface area contributed by atoms with Crippen LogP contribution in [0.25, 0.3) is 0 Å². The van der Waals surface area contributed by atoms with Crippen molar-refractivity contribution in [3.63, 3.8) is 0 Å². The molecule has 0 aliphatic carbocycles. The van der Waals surface area contributed by atoms with E-state index in [9.17, 15) is 23.5 Å². The minimum absolute atomic E-state index is 0.0304. The van der Waals surface area contributed by atoms with Crippen molar-refractivity contribution in [1.29, 1.82) is 0 Å². The van der Waals surface area contributed by atoms with Gasteiger partial charge in [0.25, 0.3) is 11.8 Å². The van der Waals surface area contributed by atoms with Crippen LogP contribution in [0.3, 0.4) is 0 Å². The van der Waals surface area contributed by atoms with Gasteiger partial charge in [0, 0.05) is 11.3 Å². The van der Waals surface area contributed by atoms with Crippen molar-refractivity contribution < 1.29 is 23.5 Å². The average Bonchev–Trinajstić information content (AvgIpc) is 2.62. The zero-order chi connectivity index (χ0) is 21.0. The fourth-order valence-corrected chi connectivity index (χ4v) is 2.77. The molecule has 2 amide bonds. The summed E-state index contributed by atoms with van der Waals surface area (Å²) in [7, 11) is 0. The number of carbonyl (C=O) groups excluding carboxylic acids is 2. The van der Waals surface area contributed by atoms with E-state index in [4.69, 9.17) is 11.6 Å². The van der Waals surface area contributed by atoms with E-state index in [0.29, 0.717) is 5.56 Å². The third-order valence-corrected chi connectivity index (χ3v) is 4.73. The van der Waals surface area contributed by atoms with E-state index >= 15 is 0 Å². The molecule has 2 rings (SSSR count). The first kappa shape index (κ1) is 21.8. The number of aliphatic hydroxyl groups excluding tert-OH is 1. The molecule has 150 valence electrons. The second kappa shape index (κ2) is 9.12. The Morgan fingerprint density at radius 1 is 1.14 bits per heavy atom. The summed E-state index contributed by atoms with van der Waals surface area (Å²) in [6.45, 7) is 4.99. The van der Waals surface area contributed by atoms with Crippen LogP contribution in [-0.2, 0) is 0 Å². The van der Waals surface area contributed by atoms with E-state index in [-0.39, 0.29) is 34.4 Å². The number of hydrogen-bond donors (Lipinski definition) is 3. The Morgan fingerprint density at radius 2 is 1.82 bits per heavy atom. The Morgan fingerprint density at radius 3 is 2.43 bits per heavy atom. The van der Waals surface area contributed by atoms with Crippen molar-refractivity contribution in [3.05, 3.63) is 63.7 Å². The molecule has 0 saturated heterocycles. The smallest absolute Gasteiger partial charge is 0.260 e. The van der Waals surface area contributed by atoms with Crippen molar-refractivity contribution >= 4 is 29.1 Å². The number of benzene rings is 2. The quantitative estimate of drug-likeness (QED) is 0.675. The highest BCUT2D eigenvalue weighted by molar-refractivity contribution is 6.35. The van der Waals surface area contributed by atoms with Crippen LogP contribution in [0.2, 0.25) is 5.02 Å². The number of aryl methyl sites for hydroxylation is 1. The van der Waals surface area contributed by atoms with Crippen LogP contribution in [0.15, 0.2) is 30.3 Å². The maximum Gasteiger partial charge on any atom is 0.260 e. The molecule has 0 spiro atoms. The summed E-state index contributed by atoms with van der Waals surface area (Å²) < 4.78 is 28.0. The Hall–Kier alpha value is -2.51. The molecule has 0 heterocycles. The first-order valence-corrected chi connectivity index (χ1v) is 9.00. The number of nitrogens with one attached hydrogen (secondary N) is 2. The predicted molar refractivity (Wildman–Crippen MR) is 104 cm³/mol. The van der Waals surface area contributed by atoms with Gasteiger partial charge in [0.05, 0.1) is 23.2 Å². The molecule has 8 heteroatoms. The van der Waals surface area contributed by atoms with Crippen molar-refractivity contribution in [2.24, 2.45) is 5.92 Å². The fourth-order valence-electron chi connectivity index (χ4n) is 2.53. The summed E-state index contributed by atoms with van der Waals surface area (Å²) in [6, 6.07) is 5.30. The van der Waals surface area contributed by atoms with Crippen LogP contribution < -0.4 is 10.6 Å². The summed E-state index contributed by atoms with van der Waals surface area (Å²) in [6.07, 6.45) is 0. The summed E-state index contributed by atoms with van der Waals surface area (Å²) in [5.74, 6) is -3.08. The molecule has 2 aromatic rings. The van der Waals surface area contributed by atoms with Crippen LogP contribution in [0, 0.1) is 24.5 Å². The topological polar surface area (TPSA) is 78.4 Å². The number of hydrogen-bond acceptors (Lipinski definition) is 3. The fraction of sp³-hybridized carbons (Fsp3) is 0.300. The van der Waals surface area contributed by atoms with Gasteiger partial charge in [-0.15, -0.1) is 0 Å². The van der Waals surface area contributed by atoms with Crippen molar-refractivity contribution in [2.45, 2.75) is 26.8 Å². The number of amides is 2. The molecule has 0 saturated carbocycles. The Labute approximate surface area is 166 Å². The first-order valence-electron chi connectivity index (χ1n) is 8.62. The average molecular weight is 411 g/mol. The first-order chi connectivity index (χ1) is 13.1. The maximum atomic E-state index is 14.0. The number of halogens is 3. The van der Waals surface area contributed by atoms with E-state index < -0.39 is 29.5 Å². The molecular formula is C20H21ClF2N2O3. The molecule has 2 aromatic carbocycles. The lowest BCUT2D eigenvalue weighted by atomic mass is 10.0. The normalized spacial score (nSPS) is 12.0.